The number of hydrogen-bond acceptors (Lipinski definition) is 2. The van der Waals surface area contributed by atoms with Gasteiger partial charge in [0.1, 0.15) is 5.69 Å². The van der Waals surface area contributed by atoms with E-state index in [0.717, 1.165) is 22.5 Å². The van der Waals surface area contributed by atoms with Gasteiger partial charge in [-0.15, -0.1) is 0 Å². The lowest BCUT2D eigenvalue weighted by Crippen LogP contribution is -2.11. The van der Waals surface area contributed by atoms with Gasteiger partial charge in [0.2, 0.25) is 0 Å². The van der Waals surface area contributed by atoms with Crippen LogP contribution in [0.5, 0.6) is 0 Å². The Bertz CT molecular complexity index is 597. The Morgan fingerprint density at radius 3 is 2.52 bits per heavy atom. The summed E-state index contributed by atoms with van der Waals surface area (Å²) < 4.78 is 38.4. The zero-order valence-corrected chi connectivity index (χ0v) is 12.9. The van der Waals surface area contributed by atoms with Crippen molar-refractivity contribution < 1.29 is 13.2 Å². The lowest BCUT2D eigenvalue weighted by molar-refractivity contribution is -0.141. The first-order valence-corrected chi connectivity index (χ1v) is 7.24. The van der Waals surface area contributed by atoms with Gasteiger partial charge in [-0.05, 0) is 36.2 Å². The molecule has 0 bridgehead atoms. The molecule has 0 amide bonds. The molecule has 21 heavy (non-hydrogen) atoms. The molecule has 1 aromatic heterocycles. The molecule has 1 atom stereocenters. The first kappa shape index (κ1) is 15.8. The third-order valence-corrected chi connectivity index (χ3v) is 3.55. The van der Waals surface area contributed by atoms with Crippen LogP contribution < -0.4 is 5.32 Å². The predicted octanol–water partition coefficient (Wildman–Crippen LogP) is 5.43. The summed E-state index contributed by atoms with van der Waals surface area (Å²) in [7, 11) is 0. The van der Waals surface area contributed by atoms with E-state index in [1.807, 2.05) is 31.2 Å². The van der Waals surface area contributed by atoms with Crippen molar-refractivity contribution in [2.45, 2.75) is 25.6 Å². The van der Waals surface area contributed by atoms with Crippen molar-refractivity contribution in [2.24, 2.45) is 0 Å². The number of alkyl halides is 3. The summed E-state index contributed by atoms with van der Waals surface area (Å²) in [5.74, 6) is 0. The molecule has 0 fully saturated rings. The summed E-state index contributed by atoms with van der Waals surface area (Å²) in [5.41, 5.74) is 0.741. The molecule has 112 valence electrons. The number of halogens is 4. The summed E-state index contributed by atoms with van der Waals surface area (Å²) in [4.78, 5) is 3.45. The summed E-state index contributed by atoms with van der Waals surface area (Å²) in [5, 5.41) is 3.20. The lowest BCUT2D eigenvalue weighted by atomic mass is 10.0. The number of benzene rings is 1. The second-order valence-corrected chi connectivity index (χ2v) is 5.51. The molecule has 2 aromatic rings. The van der Waals surface area contributed by atoms with Crippen LogP contribution in [-0.4, -0.2) is 4.98 Å². The highest BCUT2D eigenvalue weighted by Crippen LogP contribution is 2.29. The van der Waals surface area contributed by atoms with Gasteiger partial charge in [0.25, 0.3) is 0 Å². The van der Waals surface area contributed by atoms with Gasteiger partial charge in [-0.2, -0.15) is 13.2 Å². The lowest BCUT2D eigenvalue weighted by Gasteiger charge is -2.19. The molecule has 0 saturated carbocycles. The largest absolute Gasteiger partial charge is 0.433 e. The number of nitrogens with zero attached hydrogens (tertiary/aromatic N) is 1. The van der Waals surface area contributed by atoms with Crippen LogP contribution in [0.1, 0.15) is 30.6 Å². The van der Waals surface area contributed by atoms with Crippen molar-refractivity contribution in [3.05, 3.63) is 58.3 Å². The molecule has 2 nitrogen and oxygen atoms in total. The first-order valence-electron chi connectivity index (χ1n) is 6.45. The SMILES string of the molecule is CCC(Nc1ccc(C(F)(F)F)nc1)c1cccc(Br)c1. The maximum atomic E-state index is 12.5. The number of hydrogen-bond donors (Lipinski definition) is 1. The maximum Gasteiger partial charge on any atom is 0.433 e. The third-order valence-electron chi connectivity index (χ3n) is 3.05. The molecule has 0 radical (unpaired) electrons. The second-order valence-electron chi connectivity index (χ2n) is 4.59. The van der Waals surface area contributed by atoms with Crippen molar-refractivity contribution >= 4 is 21.6 Å². The van der Waals surface area contributed by atoms with Crippen LogP contribution in [0.4, 0.5) is 18.9 Å². The van der Waals surface area contributed by atoms with Crippen LogP contribution in [-0.2, 0) is 6.18 Å². The Hall–Kier alpha value is -1.56. The van der Waals surface area contributed by atoms with E-state index in [-0.39, 0.29) is 6.04 Å². The fourth-order valence-electron chi connectivity index (χ4n) is 1.99. The van der Waals surface area contributed by atoms with Gasteiger partial charge in [-0.3, -0.25) is 0 Å². The Labute approximate surface area is 129 Å². The molecular formula is C15H14BrF3N2. The minimum atomic E-state index is -4.41. The van der Waals surface area contributed by atoms with Gasteiger partial charge in [0, 0.05) is 4.47 Å². The van der Waals surface area contributed by atoms with E-state index in [2.05, 4.69) is 26.2 Å². The number of nitrogens with one attached hydrogen (secondary N) is 1. The number of anilines is 1. The van der Waals surface area contributed by atoms with E-state index >= 15 is 0 Å². The Morgan fingerprint density at radius 2 is 2.00 bits per heavy atom. The van der Waals surface area contributed by atoms with Crippen molar-refractivity contribution in [1.82, 2.24) is 4.98 Å². The average Bonchev–Trinajstić information content (AvgIpc) is 2.44. The fourth-order valence-corrected chi connectivity index (χ4v) is 2.41. The summed E-state index contributed by atoms with van der Waals surface area (Å²) in [6.07, 6.45) is -2.39. The quantitative estimate of drug-likeness (QED) is 0.788. The summed E-state index contributed by atoms with van der Waals surface area (Å²) in [6.45, 7) is 2.01. The molecule has 0 saturated heterocycles. The molecule has 0 aliphatic heterocycles. The molecule has 6 heteroatoms. The molecule has 0 aliphatic carbocycles. The van der Waals surface area contributed by atoms with Gasteiger partial charge in [0.15, 0.2) is 0 Å². The van der Waals surface area contributed by atoms with E-state index in [9.17, 15) is 13.2 Å². The van der Waals surface area contributed by atoms with Crippen molar-refractivity contribution in [3.8, 4) is 0 Å². The average molecular weight is 359 g/mol. The van der Waals surface area contributed by atoms with Crippen LogP contribution in [0.15, 0.2) is 47.1 Å². The molecule has 0 aliphatic rings. The second kappa shape index (κ2) is 6.47. The normalized spacial score (nSPS) is 13.0. The fraction of sp³-hybridized carbons (Fsp3) is 0.267. The third kappa shape index (κ3) is 4.20. The van der Waals surface area contributed by atoms with Crippen LogP contribution in [0, 0.1) is 0 Å². The topological polar surface area (TPSA) is 24.9 Å². The van der Waals surface area contributed by atoms with Gasteiger partial charge in [-0.1, -0.05) is 35.0 Å². The van der Waals surface area contributed by atoms with Crippen molar-refractivity contribution in [2.75, 3.05) is 5.32 Å². The predicted molar refractivity (Wildman–Crippen MR) is 80.0 cm³/mol. The highest BCUT2D eigenvalue weighted by atomic mass is 79.9. The van der Waals surface area contributed by atoms with Gasteiger partial charge in [-0.25, -0.2) is 4.98 Å². The molecular weight excluding hydrogens is 345 g/mol. The Morgan fingerprint density at radius 1 is 1.24 bits per heavy atom. The zero-order valence-electron chi connectivity index (χ0n) is 11.3. The zero-order chi connectivity index (χ0) is 15.5. The standard InChI is InChI=1S/C15H14BrF3N2/c1-2-13(10-4-3-5-11(16)8-10)21-12-6-7-14(20-9-12)15(17,18)19/h3-9,13,21H,2H2,1H3. The maximum absolute atomic E-state index is 12.5. The highest BCUT2D eigenvalue weighted by molar-refractivity contribution is 9.10. The number of pyridine rings is 1. The molecule has 2 rings (SSSR count). The Kier molecular flexibility index (Phi) is 4.88. The minimum absolute atomic E-state index is 0.0148. The smallest absolute Gasteiger partial charge is 0.377 e. The van der Waals surface area contributed by atoms with Crippen molar-refractivity contribution in [3.63, 3.8) is 0 Å². The van der Waals surface area contributed by atoms with Crippen LogP contribution in [0.3, 0.4) is 0 Å². The number of rotatable bonds is 4. The van der Waals surface area contributed by atoms with E-state index in [0.29, 0.717) is 5.69 Å². The summed E-state index contributed by atoms with van der Waals surface area (Å²) >= 11 is 3.41. The molecule has 1 heterocycles. The van der Waals surface area contributed by atoms with E-state index in [1.54, 1.807) is 0 Å². The molecule has 0 spiro atoms. The van der Waals surface area contributed by atoms with Crippen LogP contribution in [0.2, 0.25) is 0 Å². The minimum Gasteiger partial charge on any atom is -0.377 e. The van der Waals surface area contributed by atoms with Gasteiger partial charge in [0.05, 0.1) is 17.9 Å². The number of aromatic nitrogens is 1. The van der Waals surface area contributed by atoms with Crippen LogP contribution >= 0.6 is 15.9 Å². The highest BCUT2D eigenvalue weighted by Gasteiger charge is 2.32. The molecule has 1 unspecified atom stereocenters. The first-order chi connectivity index (χ1) is 9.90. The van der Waals surface area contributed by atoms with Gasteiger partial charge < -0.3 is 5.32 Å². The monoisotopic (exact) mass is 358 g/mol. The molecule has 1 aromatic carbocycles. The van der Waals surface area contributed by atoms with E-state index in [4.69, 9.17) is 0 Å². The Balaban J connectivity index is 2.15. The van der Waals surface area contributed by atoms with Gasteiger partial charge >= 0.3 is 6.18 Å². The molecule has 1 N–H and O–H groups in total. The van der Waals surface area contributed by atoms with Crippen molar-refractivity contribution in [1.29, 1.82) is 0 Å². The summed E-state index contributed by atoms with van der Waals surface area (Å²) in [6, 6.07) is 10.2. The van der Waals surface area contributed by atoms with Crippen LogP contribution in [0.25, 0.3) is 0 Å². The van der Waals surface area contributed by atoms with E-state index < -0.39 is 11.9 Å². The van der Waals surface area contributed by atoms with E-state index in [1.165, 1.54) is 12.3 Å².